The third-order valence-electron chi connectivity index (χ3n) is 2.58. The lowest BCUT2D eigenvalue weighted by Gasteiger charge is -2.03. The molecular weight excluding hydrogens is 355 g/mol. The van der Waals surface area contributed by atoms with Crippen LogP contribution in [0, 0.1) is 3.57 Å². The fourth-order valence-electron chi connectivity index (χ4n) is 1.53. The SMILES string of the molecule is CC(=O)c1ccc(SCc2ccc(I)cc2)cc1. The smallest absolute Gasteiger partial charge is 0.159 e. The van der Waals surface area contributed by atoms with Crippen molar-refractivity contribution < 1.29 is 4.79 Å². The first-order valence-corrected chi connectivity index (χ1v) is 7.70. The van der Waals surface area contributed by atoms with E-state index < -0.39 is 0 Å². The summed E-state index contributed by atoms with van der Waals surface area (Å²) in [4.78, 5) is 12.4. The molecule has 2 aromatic carbocycles. The van der Waals surface area contributed by atoms with Crippen LogP contribution < -0.4 is 0 Å². The number of halogens is 1. The molecule has 0 heterocycles. The first kappa shape index (κ1) is 13.6. The average molecular weight is 368 g/mol. The Morgan fingerprint density at radius 2 is 1.67 bits per heavy atom. The van der Waals surface area contributed by atoms with Crippen LogP contribution in [0.4, 0.5) is 0 Å². The molecule has 0 aliphatic rings. The van der Waals surface area contributed by atoms with Gasteiger partial charge in [0.15, 0.2) is 5.78 Å². The van der Waals surface area contributed by atoms with E-state index in [0.717, 1.165) is 11.3 Å². The van der Waals surface area contributed by atoms with Gasteiger partial charge in [-0.1, -0.05) is 24.3 Å². The van der Waals surface area contributed by atoms with Crippen molar-refractivity contribution >= 4 is 40.1 Å². The van der Waals surface area contributed by atoms with Gasteiger partial charge in [0.25, 0.3) is 0 Å². The fraction of sp³-hybridized carbons (Fsp3) is 0.133. The molecule has 2 rings (SSSR count). The Bertz CT molecular complexity index is 531. The molecule has 3 heteroatoms. The number of hydrogen-bond donors (Lipinski definition) is 0. The largest absolute Gasteiger partial charge is 0.295 e. The Balaban J connectivity index is 1.97. The van der Waals surface area contributed by atoms with Crippen molar-refractivity contribution in [2.75, 3.05) is 0 Å². The monoisotopic (exact) mass is 368 g/mol. The van der Waals surface area contributed by atoms with Gasteiger partial charge in [-0.05, 0) is 59.3 Å². The van der Waals surface area contributed by atoms with Crippen LogP contribution in [0.5, 0.6) is 0 Å². The Morgan fingerprint density at radius 1 is 1.06 bits per heavy atom. The minimum absolute atomic E-state index is 0.115. The highest BCUT2D eigenvalue weighted by Crippen LogP contribution is 2.23. The number of Topliss-reactive ketones (excluding diaryl/α,β-unsaturated/α-hetero) is 1. The van der Waals surface area contributed by atoms with E-state index in [4.69, 9.17) is 0 Å². The van der Waals surface area contributed by atoms with Crippen LogP contribution in [-0.4, -0.2) is 5.78 Å². The molecule has 2 aromatic rings. The Labute approximate surface area is 125 Å². The lowest BCUT2D eigenvalue weighted by molar-refractivity contribution is 0.101. The maximum atomic E-state index is 11.2. The van der Waals surface area contributed by atoms with E-state index in [-0.39, 0.29) is 5.78 Å². The average Bonchev–Trinajstić information content (AvgIpc) is 2.38. The fourth-order valence-corrected chi connectivity index (χ4v) is 2.75. The van der Waals surface area contributed by atoms with E-state index in [1.54, 1.807) is 18.7 Å². The van der Waals surface area contributed by atoms with E-state index >= 15 is 0 Å². The van der Waals surface area contributed by atoms with Crippen molar-refractivity contribution in [2.45, 2.75) is 17.6 Å². The number of rotatable bonds is 4. The van der Waals surface area contributed by atoms with Crippen LogP contribution in [0.25, 0.3) is 0 Å². The van der Waals surface area contributed by atoms with Gasteiger partial charge in [-0.25, -0.2) is 0 Å². The molecule has 0 unspecified atom stereocenters. The van der Waals surface area contributed by atoms with Crippen LogP contribution in [0.3, 0.4) is 0 Å². The van der Waals surface area contributed by atoms with Gasteiger partial charge in [0.1, 0.15) is 0 Å². The van der Waals surface area contributed by atoms with Crippen molar-refractivity contribution in [3.63, 3.8) is 0 Å². The molecule has 18 heavy (non-hydrogen) atoms. The van der Waals surface area contributed by atoms with E-state index in [2.05, 4.69) is 46.9 Å². The molecule has 1 nitrogen and oxygen atoms in total. The summed E-state index contributed by atoms with van der Waals surface area (Å²) in [6.07, 6.45) is 0. The first-order chi connectivity index (χ1) is 8.65. The van der Waals surface area contributed by atoms with Crippen LogP contribution in [0.15, 0.2) is 53.4 Å². The van der Waals surface area contributed by atoms with Crippen molar-refractivity contribution in [1.29, 1.82) is 0 Å². The summed E-state index contributed by atoms with van der Waals surface area (Å²) in [5.41, 5.74) is 2.09. The van der Waals surface area contributed by atoms with Crippen LogP contribution in [0.1, 0.15) is 22.8 Å². The van der Waals surface area contributed by atoms with Gasteiger partial charge in [-0.15, -0.1) is 11.8 Å². The summed E-state index contributed by atoms with van der Waals surface area (Å²) in [5, 5.41) is 0. The molecule has 0 radical (unpaired) electrons. The predicted octanol–water partition coefficient (Wildman–Crippen LogP) is 4.79. The van der Waals surface area contributed by atoms with E-state index in [1.165, 1.54) is 14.0 Å². The molecule has 0 fully saturated rings. The number of ketones is 1. The number of benzene rings is 2. The maximum Gasteiger partial charge on any atom is 0.159 e. The van der Waals surface area contributed by atoms with Gasteiger partial charge in [0, 0.05) is 19.8 Å². The second-order valence-electron chi connectivity index (χ2n) is 4.00. The number of carbonyl (C=O) groups excluding carboxylic acids is 1. The van der Waals surface area contributed by atoms with Crippen molar-refractivity contribution in [1.82, 2.24) is 0 Å². The zero-order valence-corrected chi connectivity index (χ0v) is 13.0. The van der Waals surface area contributed by atoms with E-state index in [1.807, 2.05) is 24.3 Å². The van der Waals surface area contributed by atoms with E-state index in [0.29, 0.717) is 0 Å². The van der Waals surface area contributed by atoms with Gasteiger partial charge >= 0.3 is 0 Å². The van der Waals surface area contributed by atoms with Crippen molar-refractivity contribution in [3.05, 3.63) is 63.2 Å². The van der Waals surface area contributed by atoms with Gasteiger partial charge in [0.2, 0.25) is 0 Å². The summed E-state index contributed by atoms with van der Waals surface area (Å²) in [6.45, 7) is 1.59. The highest BCUT2D eigenvalue weighted by atomic mass is 127. The maximum absolute atomic E-state index is 11.2. The molecular formula is C15H13IOS. The summed E-state index contributed by atoms with van der Waals surface area (Å²) >= 11 is 4.09. The Hall–Kier alpha value is -0.810. The summed E-state index contributed by atoms with van der Waals surface area (Å²) in [5.74, 6) is 1.07. The zero-order valence-electron chi connectivity index (χ0n) is 10.0. The van der Waals surface area contributed by atoms with E-state index in [9.17, 15) is 4.79 Å². The molecule has 92 valence electrons. The molecule has 0 atom stereocenters. The highest BCUT2D eigenvalue weighted by molar-refractivity contribution is 14.1. The van der Waals surface area contributed by atoms with Crippen LogP contribution in [0.2, 0.25) is 0 Å². The Kier molecular flexibility index (Phi) is 4.83. The quantitative estimate of drug-likeness (QED) is 0.439. The third-order valence-corrected chi connectivity index (χ3v) is 4.38. The molecule has 0 amide bonds. The summed E-state index contributed by atoms with van der Waals surface area (Å²) < 4.78 is 1.26. The summed E-state index contributed by atoms with van der Waals surface area (Å²) in [7, 11) is 0. The second kappa shape index (κ2) is 6.38. The van der Waals surface area contributed by atoms with Gasteiger partial charge < -0.3 is 0 Å². The zero-order chi connectivity index (χ0) is 13.0. The number of hydrogen-bond acceptors (Lipinski definition) is 2. The third kappa shape index (κ3) is 3.85. The molecule has 0 spiro atoms. The summed E-state index contributed by atoms with van der Waals surface area (Å²) in [6, 6.07) is 16.3. The highest BCUT2D eigenvalue weighted by Gasteiger charge is 2.00. The van der Waals surface area contributed by atoms with Crippen LogP contribution in [-0.2, 0) is 5.75 Å². The topological polar surface area (TPSA) is 17.1 Å². The van der Waals surface area contributed by atoms with Crippen molar-refractivity contribution in [3.8, 4) is 0 Å². The lowest BCUT2D eigenvalue weighted by Crippen LogP contribution is -1.90. The molecule has 0 aliphatic heterocycles. The second-order valence-corrected chi connectivity index (χ2v) is 6.29. The minimum Gasteiger partial charge on any atom is -0.295 e. The molecule has 0 bridgehead atoms. The lowest BCUT2D eigenvalue weighted by atomic mass is 10.2. The van der Waals surface area contributed by atoms with Gasteiger partial charge in [-0.3, -0.25) is 4.79 Å². The van der Waals surface area contributed by atoms with Gasteiger partial charge in [-0.2, -0.15) is 0 Å². The molecule has 0 N–H and O–H groups in total. The molecule has 0 aliphatic carbocycles. The Morgan fingerprint density at radius 3 is 2.22 bits per heavy atom. The standard InChI is InChI=1S/C15H13IOS/c1-11(17)13-4-8-15(9-5-13)18-10-12-2-6-14(16)7-3-12/h2-9H,10H2,1H3. The predicted molar refractivity (Wildman–Crippen MR) is 85.2 cm³/mol. The normalized spacial score (nSPS) is 10.3. The molecule has 0 aromatic heterocycles. The molecule has 0 saturated carbocycles. The van der Waals surface area contributed by atoms with Crippen LogP contribution >= 0.6 is 34.4 Å². The molecule has 0 saturated heterocycles. The first-order valence-electron chi connectivity index (χ1n) is 5.63. The van der Waals surface area contributed by atoms with Crippen molar-refractivity contribution in [2.24, 2.45) is 0 Å². The van der Waals surface area contributed by atoms with Gasteiger partial charge in [0.05, 0.1) is 0 Å². The minimum atomic E-state index is 0.115. The number of thioether (sulfide) groups is 1. The number of carbonyl (C=O) groups is 1.